The quantitative estimate of drug-likeness (QED) is 0.722. The second-order valence-electron chi connectivity index (χ2n) is 6.48. The molecule has 1 saturated heterocycles. The molecule has 1 aliphatic rings. The molecule has 5 heteroatoms. The lowest BCUT2D eigenvalue weighted by atomic mass is 10.0. The molecule has 2 aromatic heterocycles. The Morgan fingerprint density at radius 2 is 2.12 bits per heavy atom. The number of carbonyl (C=O) groups excluding carboxylic acids is 1. The lowest BCUT2D eigenvalue weighted by Gasteiger charge is -2.33. The third-order valence-corrected chi connectivity index (χ3v) is 4.98. The highest BCUT2D eigenvalue weighted by Gasteiger charge is 2.29. The summed E-state index contributed by atoms with van der Waals surface area (Å²) >= 11 is 0. The fourth-order valence-corrected chi connectivity index (χ4v) is 3.66. The Balaban J connectivity index is 1.61. The molecule has 0 saturated carbocycles. The molecular formula is C19H21N3O2. The Morgan fingerprint density at radius 1 is 1.29 bits per heavy atom. The van der Waals surface area contributed by atoms with Crippen LogP contribution in [0.25, 0.3) is 11.0 Å². The van der Waals surface area contributed by atoms with Crippen LogP contribution in [0.3, 0.4) is 0 Å². The van der Waals surface area contributed by atoms with E-state index in [1.165, 1.54) is 0 Å². The molecule has 4 rings (SSSR count). The fourth-order valence-electron chi connectivity index (χ4n) is 3.66. The van der Waals surface area contributed by atoms with Gasteiger partial charge in [-0.2, -0.15) is 0 Å². The van der Waals surface area contributed by atoms with E-state index < -0.39 is 0 Å². The molecule has 1 aromatic carbocycles. The maximum absolute atomic E-state index is 13.0. The number of aryl methyl sites for hydroxylation is 2. The number of furan rings is 1. The molecular weight excluding hydrogens is 302 g/mol. The van der Waals surface area contributed by atoms with Crippen molar-refractivity contribution < 1.29 is 9.21 Å². The predicted octanol–water partition coefficient (Wildman–Crippen LogP) is 3.72. The molecule has 3 heterocycles. The van der Waals surface area contributed by atoms with Crippen LogP contribution >= 0.6 is 0 Å². The molecule has 1 atom stereocenters. The molecule has 24 heavy (non-hydrogen) atoms. The first-order chi connectivity index (χ1) is 11.6. The second kappa shape index (κ2) is 5.82. The van der Waals surface area contributed by atoms with E-state index in [1.54, 1.807) is 0 Å². The van der Waals surface area contributed by atoms with E-state index in [-0.39, 0.29) is 11.9 Å². The largest absolute Gasteiger partial charge is 0.451 e. The number of benzene rings is 1. The minimum atomic E-state index is -0.00818. The van der Waals surface area contributed by atoms with E-state index in [1.807, 2.05) is 55.4 Å². The van der Waals surface area contributed by atoms with Crippen LogP contribution < -0.4 is 0 Å². The standard InChI is InChI=1S/C19H21N3O2/c1-13-16-7-3-4-8-17(16)24-18(13)19(23)21-10-5-6-15(12-21)22-11-9-20-14(22)2/h3-4,7-9,11,15H,5-6,10,12H2,1-2H3/t15-/m0/s1. The highest BCUT2D eigenvalue weighted by Crippen LogP contribution is 2.28. The lowest BCUT2D eigenvalue weighted by molar-refractivity contribution is 0.0647. The van der Waals surface area contributed by atoms with Crippen LogP contribution in [0.5, 0.6) is 0 Å². The van der Waals surface area contributed by atoms with Gasteiger partial charge in [0.15, 0.2) is 5.76 Å². The highest BCUT2D eigenvalue weighted by atomic mass is 16.3. The minimum Gasteiger partial charge on any atom is -0.451 e. The SMILES string of the molecule is Cc1c(C(=O)N2CCC[C@H](n3ccnc3C)C2)oc2ccccc12. The van der Waals surface area contributed by atoms with Gasteiger partial charge in [-0.05, 0) is 32.8 Å². The fraction of sp³-hybridized carbons (Fsp3) is 0.368. The van der Waals surface area contributed by atoms with Crippen molar-refractivity contribution in [3.8, 4) is 0 Å². The molecule has 0 unspecified atom stereocenters. The van der Waals surface area contributed by atoms with Crippen molar-refractivity contribution >= 4 is 16.9 Å². The predicted molar refractivity (Wildman–Crippen MR) is 92.1 cm³/mol. The van der Waals surface area contributed by atoms with Gasteiger partial charge in [0.2, 0.25) is 0 Å². The molecule has 5 nitrogen and oxygen atoms in total. The lowest BCUT2D eigenvalue weighted by Crippen LogP contribution is -2.40. The first-order valence-corrected chi connectivity index (χ1v) is 8.42. The summed E-state index contributed by atoms with van der Waals surface area (Å²) in [6, 6.07) is 8.09. The van der Waals surface area contributed by atoms with Crippen LogP contribution in [0.15, 0.2) is 41.1 Å². The van der Waals surface area contributed by atoms with Gasteiger partial charge in [0, 0.05) is 36.4 Å². The molecule has 0 N–H and O–H groups in total. The Hall–Kier alpha value is -2.56. The van der Waals surface area contributed by atoms with Gasteiger partial charge in [0.25, 0.3) is 5.91 Å². The van der Waals surface area contributed by atoms with Gasteiger partial charge in [0.1, 0.15) is 11.4 Å². The summed E-state index contributed by atoms with van der Waals surface area (Å²) in [5, 5.41) is 1.01. The molecule has 124 valence electrons. The van der Waals surface area contributed by atoms with Crippen molar-refractivity contribution in [3.05, 3.63) is 53.8 Å². The molecule has 1 amide bonds. The van der Waals surface area contributed by atoms with Crippen molar-refractivity contribution in [2.45, 2.75) is 32.7 Å². The van der Waals surface area contributed by atoms with Gasteiger partial charge in [-0.3, -0.25) is 4.79 Å². The van der Waals surface area contributed by atoms with Crippen molar-refractivity contribution in [3.63, 3.8) is 0 Å². The molecule has 0 spiro atoms. The molecule has 0 aliphatic carbocycles. The van der Waals surface area contributed by atoms with Crippen molar-refractivity contribution in [1.82, 2.24) is 14.5 Å². The van der Waals surface area contributed by atoms with Crippen LogP contribution in [0.1, 0.15) is 40.8 Å². The normalized spacial score (nSPS) is 18.2. The number of likely N-dealkylation sites (tertiary alicyclic amines) is 1. The summed E-state index contributed by atoms with van der Waals surface area (Å²) in [5.41, 5.74) is 1.70. The summed E-state index contributed by atoms with van der Waals surface area (Å²) in [6.07, 6.45) is 5.88. The topological polar surface area (TPSA) is 51.3 Å². The van der Waals surface area contributed by atoms with Gasteiger partial charge >= 0.3 is 0 Å². The summed E-state index contributed by atoms with van der Waals surface area (Å²) in [5.74, 6) is 1.46. The van der Waals surface area contributed by atoms with Crippen LogP contribution in [-0.2, 0) is 0 Å². The number of aromatic nitrogens is 2. The van der Waals surface area contributed by atoms with E-state index in [0.29, 0.717) is 12.3 Å². The zero-order chi connectivity index (χ0) is 16.7. The molecule has 0 bridgehead atoms. The van der Waals surface area contributed by atoms with Crippen molar-refractivity contribution in [1.29, 1.82) is 0 Å². The number of para-hydroxylation sites is 1. The number of nitrogens with zero attached hydrogens (tertiary/aromatic N) is 3. The van der Waals surface area contributed by atoms with Crippen LogP contribution in [0, 0.1) is 13.8 Å². The summed E-state index contributed by atoms with van der Waals surface area (Å²) in [6.45, 7) is 5.44. The van der Waals surface area contributed by atoms with Crippen LogP contribution in [0.2, 0.25) is 0 Å². The van der Waals surface area contributed by atoms with E-state index >= 15 is 0 Å². The maximum atomic E-state index is 13.0. The molecule has 0 radical (unpaired) electrons. The van der Waals surface area contributed by atoms with Gasteiger partial charge in [-0.1, -0.05) is 18.2 Å². The number of piperidine rings is 1. The van der Waals surface area contributed by atoms with E-state index in [0.717, 1.165) is 41.7 Å². The maximum Gasteiger partial charge on any atom is 0.289 e. The zero-order valence-electron chi connectivity index (χ0n) is 14.0. The van der Waals surface area contributed by atoms with Gasteiger partial charge < -0.3 is 13.9 Å². The van der Waals surface area contributed by atoms with Gasteiger partial charge in [0.05, 0.1) is 6.04 Å². The second-order valence-corrected chi connectivity index (χ2v) is 6.48. The number of hydrogen-bond donors (Lipinski definition) is 0. The average Bonchev–Trinajstić information content (AvgIpc) is 3.18. The molecule has 3 aromatic rings. The smallest absolute Gasteiger partial charge is 0.289 e. The first-order valence-electron chi connectivity index (χ1n) is 8.42. The zero-order valence-corrected chi connectivity index (χ0v) is 14.0. The summed E-state index contributed by atoms with van der Waals surface area (Å²) in [4.78, 5) is 19.2. The minimum absolute atomic E-state index is 0.00818. The Bertz CT molecular complexity index is 893. The summed E-state index contributed by atoms with van der Waals surface area (Å²) in [7, 11) is 0. The van der Waals surface area contributed by atoms with E-state index in [2.05, 4.69) is 9.55 Å². The number of hydrogen-bond acceptors (Lipinski definition) is 3. The third kappa shape index (κ3) is 2.40. The van der Waals surface area contributed by atoms with Crippen LogP contribution in [0.4, 0.5) is 0 Å². The number of amides is 1. The Morgan fingerprint density at radius 3 is 2.88 bits per heavy atom. The number of imidazole rings is 1. The van der Waals surface area contributed by atoms with E-state index in [4.69, 9.17) is 4.42 Å². The monoisotopic (exact) mass is 323 g/mol. The summed E-state index contributed by atoms with van der Waals surface area (Å²) < 4.78 is 8.02. The molecule has 1 fully saturated rings. The third-order valence-electron chi connectivity index (χ3n) is 4.98. The molecule has 1 aliphatic heterocycles. The van der Waals surface area contributed by atoms with Crippen LogP contribution in [-0.4, -0.2) is 33.4 Å². The highest BCUT2D eigenvalue weighted by molar-refractivity contribution is 5.98. The van der Waals surface area contributed by atoms with Gasteiger partial charge in [-0.15, -0.1) is 0 Å². The number of rotatable bonds is 2. The van der Waals surface area contributed by atoms with Crippen molar-refractivity contribution in [2.75, 3.05) is 13.1 Å². The Labute approximate surface area is 140 Å². The number of carbonyl (C=O) groups is 1. The number of fused-ring (bicyclic) bond motifs is 1. The first kappa shape index (κ1) is 15.0. The van der Waals surface area contributed by atoms with E-state index in [9.17, 15) is 4.79 Å². The Kier molecular flexibility index (Phi) is 3.63. The average molecular weight is 323 g/mol. The van der Waals surface area contributed by atoms with Crippen molar-refractivity contribution in [2.24, 2.45) is 0 Å². The van der Waals surface area contributed by atoms with Gasteiger partial charge in [-0.25, -0.2) is 4.98 Å².